The molecule has 3 aromatic carbocycles. The smallest absolute Gasteiger partial charge is 0.265 e. The van der Waals surface area contributed by atoms with Gasteiger partial charge in [-0.1, -0.05) is 34.8 Å². The summed E-state index contributed by atoms with van der Waals surface area (Å²) in [5.74, 6) is -1.28. The van der Waals surface area contributed by atoms with Crippen LogP contribution in [0.4, 0.5) is 0 Å². The second kappa shape index (κ2) is 11.7. The zero-order valence-electron chi connectivity index (χ0n) is 21.2. The molecule has 0 spiro atoms. The van der Waals surface area contributed by atoms with Crippen LogP contribution in [0.2, 0.25) is 0 Å². The highest BCUT2D eigenvalue weighted by Gasteiger charge is 2.41. The van der Waals surface area contributed by atoms with Crippen molar-refractivity contribution < 1.29 is 37.6 Å². The summed E-state index contributed by atoms with van der Waals surface area (Å²) in [4.78, 5) is 44.5. The zero-order valence-corrected chi connectivity index (χ0v) is 22.0. The van der Waals surface area contributed by atoms with Crippen LogP contribution in [0.25, 0.3) is 0 Å². The molecular formula is C27H27N3O8S. The second-order valence-electron chi connectivity index (χ2n) is 8.89. The number of hydroxylamine groups is 2. The topological polar surface area (TPSA) is 143 Å². The number of sulfonamides is 1. The molecule has 1 atom stereocenters. The third-order valence-corrected chi connectivity index (χ3v) is 7.51. The van der Waals surface area contributed by atoms with Gasteiger partial charge in [0.25, 0.3) is 27.7 Å². The van der Waals surface area contributed by atoms with Crippen molar-refractivity contribution in [2.45, 2.75) is 37.3 Å². The van der Waals surface area contributed by atoms with E-state index in [1.807, 2.05) is 6.07 Å². The first kappa shape index (κ1) is 27.9. The van der Waals surface area contributed by atoms with Crippen LogP contribution in [-0.4, -0.2) is 59.4 Å². The Morgan fingerprint density at radius 1 is 0.897 bits per heavy atom. The lowest BCUT2D eigenvalue weighted by Crippen LogP contribution is -2.51. The van der Waals surface area contributed by atoms with Crippen molar-refractivity contribution in [3.63, 3.8) is 0 Å². The Morgan fingerprint density at radius 2 is 1.44 bits per heavy atom. The maximum absolute atomic E-state index is 13.7. The molecule has 0 saturated carbocycles. The van der Waals surface area contributed by atoms with Crippen molar-refractivity contribution in [1.82, 2.24) is 14.8 Å². The summed E-state index contributed by atoms with van der Waals surface area (Å²) >= 11 is 0. The van der Waals surface area contributed by atoms with Crippen molar-refractivity contribution in [1.29, 1.82) is 0 Å². The van der Waals surface area contributed by atoms with Gasteiger partial charge in [-0.15, -0.1) is 0 Å². The summed E-state index contributed by atoms with van der Waals surface area (Å²) in [6, 6.07) is 19.1. The number of nitrogens with one attached hydrogen (secondary N) is 1. The van der Waals surface area contributed by atoms with Crippen LogP contribution in [0, 0.1) is 0 Å². The minimum absolute atomic E-state index is 0.208. The number of para-hydroxylation sites is 1. The fourth-order valence-corrected chi connectivity index (χ4v) is 5.52. The number of carbonyl (C=O) groups is 3. The van der Waals surface area contributed by atoms with Crippen LogP contribution in [0.1, 0.15) is 41.0 Å². The molecule has 0 aromatic heterocycles. The van der Waals surface area contributed by atoms with E-state index >= 15 is 0 Å². The molecule has 0 aliphatic carbocycles. The fourth-order valence-electron chi connectivity index (χ4n) is 4.01. The molecule has 4 rings (SSSR count). The Hall–Kier alpha value is -4.10. The largest absolute Gasteiger partial charge is 0.457 e. The molecule has 0 bridgehead atoms. The number of fused-ring (bicyclic) bond motifs is 1. The molecule has 2 N–H and O–H groups in total. The van der Waals surface area contributed by atoms with E-state index < -0.39 is 39.9 Å². The highest BCUT2D eigenvalue weighted by molar-refractivity contribution is 7.89. The lowest BCUT2D eigenvalue weighted by molar-refractivity contribution is -0.167. The van der Waals surface area contributed by atoms with Gasteiger partial charge in [-0.25, -0.2) is 13.9 Å². The van der Waals surface area contributed by atoms with Gasteiger partial charge >= 0.3 is 0 Å². The number of nitrogens with zero attached hydrogens (tertiary/aromatic N) is 2. The number of carbonyl (C=O) groups excluding carboxylic acids is 3. The Bertz CT molecular complexity index is 1420. The summed E-state index contributed by atoms with van der Waals surface area (Å²) in [5, 5.41) is 9.40. The van der Waals surface area contributed by atoms with Crippen LogP contribution in [-0.2, 0) is 19.7 Å². The van der Waals surface area contributed by atoms with Crippen LogP contribution in [0.15, 0.2) is 83.8 Å². The number of hydrogen-bond donors (Lipinski definition) is 2. The molecule has 1 unspecified atom stereocenters. The number of amides is 3. The number of ether oxygens (including phenoxy) is 1. The van der Waals surface area contributed by atoms with Crippen LogP contribution < -0.4 is 10.2 Å². The van der Waals surface area contributed by atoms with E-state index in [2.05, 4.69) is 0 Å². The first-order valence-corrected chi connectivity index (χ1v) is 13.5. The van der Waals surface area contributed by atoms with Crippen molar-refractivity contribution in [2.24, 2.45) is 0 Å². The van der Waals surface area contributed by atoms with E-state index in [1.54, 1.807) is 50.2 Å². The summed E-state index contributed by atoms with van der Waals surface area (Å²) in [7, 11) is -4.47. The molecule has 3 amide bonds. The minimum Gasteiger partial charge on any atom is -0.457 e. The van der Waals surface area contributed by atoms with Gasteiger partial charge in [0.05, 0.1) is 22.1 Å². The van der Waals surface area contributed by atoms with E-state index in [9.17, 15) is 28.0 Å². The quantitative estimate of drug-likeness (QED) is 0.209. The Morgan fingerprint density at radius 3 is 1.97 bits per heavy atom. The van der Waals surface area contributed by atoms with Gasteiger partial charge in [0.2, 0.25) is 0 Å². The molecule has 1 aliphatic heterocycles. The summed E-state index contributed by atoms with van der Waals surface area (Å²) in [6.07, 6.45) is -1.03. The van der Waals surface area contributed by atoms with Crippen molar-refractivity contribution in [3.05, 3.63) is 90.0 Å². The maximum Gasteiger partial charge on any atom is 0.265 e. The average molecular weight is 554 g/mol. The molecule has 39 heavy (non-hydrogen) atoms. The first-order valence-electron chi connectivity index (χ1n) is 12.1. The zero-order chi connectivity index (χ0) is 28.2. The first-order chi connectivity index (χ1) is 18.6. The lowest BCUT2D eigenvalue weighted by Gasteiger charge is -2.30. The normalized spacial score (nSPS) is 14.0. The van der Waals surface area contributed by atoms with Crippen molar-refractivity contribution in [2.75, 3.05) is 6.54 Å². The maximum atomic E-state index is 13.7. The molecule has 3 aromatic rings. The molecule has 0 saturated heterocycles. The van der Waals surface area contributed by atoms with E-state index in [-0.39, 0.29) is 29.0 Å². The molecule has 0 radical (unpaired) electrons. The summed E-state index contributed by atoms with van der Waals surface area (Å²) < 4.78 is 33.5. The number of hydrogen-bond acceptors (Lipinski definition) is 8. The Kier molecular flexibility index (Phi) is 8.41. The fraction of sp³-hybridized carbons (Fsp3) is 0.222. The number of rotatable bonds is 11. The van der Waals surface area contributed by atoms with Crippen molar-refractivity contribution in [3.8, 4) is 11.5 Å². The molecule has 11 nitrogen and oxygen atoms in total. The summed E-state index contributed by atoms with van der Waals surface area (Å²) in [5.41, 5.74) is 1.89. The predicted molar refractivity (Wildman–Crippen MR) is 138 cm³/mol. The third kappa shape index (κ3) is 5.99. The minimum atomic E-state index is -4.47. The van der Waals surface area contributed by atoms with Gasteiger partial charge in [-0.05, 0) is 68.8 Å². The summed E-state index contributed by atoms with van der Waals surface area (Å²) in [6.45, 7) is 2.83. The monoisotopic (exact) mass is 553 g/mol. The van der Waals surface area contributed by atoms with Gasteiger partial charge in [-0.3, -0.25) is 29.3 Å². The molecule has 1 heterocycles. The highest BCUT2D eigenvalue weighted by atomic mass is 32.2. The predicted octanol–water partition coefficient (Wildman–Crippen LogP) is 3.37. The van der Waals surface area contributed by atoms with Gasteiger partial charge in [0.1, 0.15) is 17.5 Å². The van der Waals surface area contributed by atoms with Gasteiger partial charge < -0.3 is 4.74 Å². The number of imide groups is 1. The standard InChI is InChI=1S/C27H27N3O8S/c1-18(2)38-30(39(35,36)21-14-12-20(13-15-21)37-19-8-4-3-5-9-19)24(25(31)28-34)16-17-29-26(32)22-10-6-7-11-23(22)27(29)33/h3-15,18,24,34H,16-17H2,1-2H3,(H,28,31). The lowest BCUT2D eigenvalue weighted by atomic mass is 10.1. The van der Waals surface area contributed by atoms with Gasteiger partial charge in [-0.2, -0.15) is 0 Å². The SMILES string of the molecule is CC(C)ON(C(CCN1C(=O)c2ccccc2C1=O)C(=O)NO)S(=O)(=O)c1ccc(Oc2ccccc2)cc1. The van der Waals surface area contributed by atoms with Crippen LogP contribution in [0.3, 0.4) is 0 Å². The molecular weight excluding hydrogens is 526 g/mol. The van der Waals surface area contributed by atoms with Crippen molar-refractivity contribution >= 4 is 27.7 Å². The van der Waals surface area contributed by atoms with E-state index in [1.165, 1.54) is 41.9 Å². The van der Waals surface area contributed by atoms with Crippen LogP contribution >= 0.6 is 0 Å². The van der Waals surface area contributed by atoms with Crippen LogP contribution in [0.5, 0.6) is 11.5 Å². The third-order valence-electron chi connectivity index (χ3n) is 5.82. The molecule has 12 heteroatoms. The average Bonchev–Trinajstić information content (AvgIpc) is 3.17. The Labute approximate surface area is 225 Å². The van der Waals surface area contributed by atoms with E-state index in [0.29, 0.717) is 16.0 Å². The molecule has 0 fully saturated rings. The van der Waals surface area contributed by atoms with Gasteiger partial charge in [0.15, 0.2) is 0 Å². The van der Waals surface area contributed by atoms with E-state index in [0.717, 1.165) is 4.90 Å². The molecule has 204 valence electrons. The molecule has 1 aliphatic rings. The number of benzene rings is 3. The van der Waals surface area contributed by atoms with E-state index in [4.69, 9.17) is 9.57 Å². The Balaban J connectivity index is 1.59. The second-order valence-corrected chi connectivity index (χ2v) is 10.7. The van der Waals surface area contributed by atoms with Gasteiger partial charge in [0, 0.05) is 6.54 Å². The highest BCUT2D eigenvalue weighted by Crippen LogP contribution is 2.28.